The Morgan fingerprint density at radius 3 is 2.55 bits per heavy atom. The average Bonchev–Trinajstić information content (AvgIpc) is 3.16. The lowest BCUT2D eigenvalue weighted by Crippen LogP contribution is -2.45. The van der Waals surface area contributed by atoms with Crippen molar-refractivity contribution >= 4 is 46.4 Å². The average molecular weight is 488 g/mol. The quantitative estimate of drug-likeness (QED) is 0.496. The number of hydrogen-bond acceptors (Lipinski definition) is 6. The topological polar surface area (TPSA) is 57.6 Å². The van der Waals surface area contributed by atoms with Gasteiger partial charge in [-0.2, -0.15) is 0 Å². The van der Waals surface area contributed by atoms with E-state index in [1.807, 2.05) is 12.1 Å². The molecule has 1 fully saturated rings. The number of thiazole rings is 1. The van der Waals surface area contributed by atoms with Crippen LogP contribution in [-0.4, -0.2) is 53.4 Å². The molecular formula is C22H28Cl2FN3O2S. The maximum absolute atomic E-state index is 12.9. The zero-order valence-electron chi connectivity index (χ0n) is 17.1. The van der Waals surface area contributed by atoms with Crippen molar-refractivity contribution < 1.29 is 14.2 Å². The Kier molecular flexibility index (Phi) is 10.4. The molecular weight excluding hydrogens is 460 g/mol. The lowest BCUT2D eigenvalue weighted by Gasteiger charge is -2.33. The van der Waals surface area contributed by atoms with E-state index in [9.17, 15) is 9.50 Å². The summed E-state index contributed by atoms with van der Waals surface area (Å²) in [5.41, 5.74) is 1.07. The van der Waals surface area contributed by atoms with Crippen molar-refractivity contribution in [1.82, 2.24) is 15.2 Å². The highest BCUT2D eigenvalue weighted by Crippen LogP contribution is 2.22. The molecule has 31 heavy (non-hydrogen) atoms. The van der Waals surface area contributed by atoms with Gasteiger partial charge < -0.3 is 20.1 Å². The summed E-state index contributed by atoms with van der Waals surface area (Å²) < 4.78 is 19.7. The minimum atomic E-state index is -0.563. The Balaban J connectivity index is 0.00000171. The molecule has 0 aliphatic carbocycles. The van der Waals surface area contributed by atoms with Gasteiger partial charge in [-0.1, -0.05) is 12.1 Å². The van der Waals surface area contributed by atoms with E-state index in [4.69, 9.17) is 4.74 Å². The zero-order chi connectivity index (χ0) is 20.1. The van der Waals surface area contributed by atoms with Gasteiger partial charge >= 0.3 is 0 Å². The van der Waals surface area contributed by atoms with E-state index in [0.29, 0.717) is 18.3 Å². The second kappa shape index (κ2) is 12.5. The van der Waals surface area contributed by atoms with Crippen molar-refractivity contribution in [3.05, 3.63) is 59.4 Å². The standard InChI is InChI=1S/C22H26FN3O2S.2ClH/c23-16-5-7-19(8-6-16)28-15-18(27)14-26-11-9-17(10-12-26)24-13-22-25-20-3-1-2-4-21(20)29-22;;/h1-8,17-18,24,27H,9-15H2;2*1H/t18-;;/m0../s1. The van der Waals surface area contributed by atoms with Gasteiger partial charge in [0, 0.05) is 19.1 Å². The fourth-order valence-electron chi connectivity index (χ4n) is 3.62. The lowest BCUT2D eigenvalue weighted by atomic mass is 10.0. The molecule has 0 bridgehead atoms. The molecule has 5 nitrogen and oxygen atoms in total. The molecule has 4 rings (SSSR count). The van der Waals surface area contributed by atoms with Gasteiger partial charge in [-0.3, -0.25) is 0 Å². The van der Waals surface area contributed by atoms with Crippen LogP contribution in [-0.2, 0) is 6.54 Å². The number of likely N-dealkylation sites (tertiary alicyclic amines) is 1. The van der Waals surface area contributed by atoms with Crippen molar-refractivity contribution in [3.8, 4) is 5.75 Å². The van der Waals surface area contributed by atoms with Gasteiger partial charge in [-0.15, -0.1) is 36.2 Å². The highest BCUT2D eigenvalue weighted by Gasteiger charge is 2.21. The number of nitrogens with zero attached hydrogens (tertiary/aromatic N) is 2. The molecule has 170 valence electrons. The van der Waals surface area contributed by atoms with Crippen LogP contribution in [0.15, 0.2) is 48.5 Å². The number of aliphatic hydroxyl groups is 1. The van der Waals surface area contributed by atoms with Crippen molar-refractivity contribution in [1.29, 1.82) is 0 Å². The van der Waals surface area contributed by atoms with E-state index < -0.39 is 6.10 Å². The predicted octanol–water partition coefficient (Wildman–Crippen LogP) is 4.27. The van der Waals surface area contributed by atoms with E-state index in [1.165, 1.54) is 16.8 Å². The van der Waals surface area contributed by atoms with E-state index >= 15 is 0 Å². The molecule has 2 N–H and O–H groups in total. The predicted molar refractivity (Wildman–Crippen MR) is 128 cm³/mol. The number of aliphatic hydroxyl groups excluding tert-OH is 1. The molecule has 0 spiro atoms. The molecule has 0 unspecified atom stereocenters. The number of nitrogens with one attached hydrogen (secondary N) is 1. The van der Waals surface area contributed by atoms with Crippen LogP contribution < -0.4 is 10.1 Å². The second-order valence-electron chi connectivity index (χ2n) is 7.45. The molecule has 1 aliphatic heterocycles. The summed E-state index contributed by atoms with van der Waals surface area (Å²) in [7, 11) is 0. The van der Waals surface area contributed by atoms with Gasteiger partial charge in [0.15, 0.2) is 0 Å². The molecule has 0 saturated carbocycles. The number of aromatic nitrogens is 1. The first-order chi connectivity index (χ1) is 14.2. The molecule has 0 radical (unpaired) electrons. The Morgan fingerprint density at radius 2 is 1.84 bits per heavy atom. The smallest absolute Gasteiger partial charge is 0.123 e. The van der Waals surface area contributed by atoms with E-state index in [0.717, 1.165) is 43.0 Å². The third-order valence-corrected chi connectivity index (χ3v) is 6.23. The maximum Gasteiger partial charge on any atom is 0.123 e. The first-order valence-electron chi connectivity index (χ1n) is 10.0. The van der Waals surface area contributed by atoms with Gasteiger partial charge in [-0.05, 0) is 62.3 Å². The summed E-state index contributed by atoms with van der Waals surface area (Å²) >= 11 is 1.75. The lowest BCUT2D eigenvalue weighted by molar-refractivity contribution is 0.0578. The molecule has 3 aromatic rings. The number of piperidine rings is 1. The number of β-amino-alcohol motifs (C(OH)–C–C–N with tert-alkyl or cyclic N) is 1. The van der Waals surface area contributed by atoms with Crippen LogP contribution in [0.4, 0.5) is 4.39 Å². The van der Waals surface area contributed by atoms with Gasteiger partial charge in [0.05, 0.1) is 10.2 Å². The molecule has 1 saturated heterocycles. The van der Waals surface area contributed by atoms with Crippen LogP contribution in [0.3, 0.4) is 0 Å². The number of halogens is 3. The van der Waals surface area contributed by atoms with E-state index in [-0.39, 0.29) is 37.2 Å². The molecule has 2 heterocycles. The van der Waals surface area contributed by atoms with Crippen molar-refractivity contribution in [2.45, 2.75) is 31.5 Å². The first-order valence-corrected chi connectivity index (χ1v) is 10.8. The highest BCUT2D eigenvalue weighted by atomic mass is 35.5. The highest BCUT2D eigenvalue weighted by molar-refractivity contribution is 7.18. The fraction of sp³-hybridized carbons (Fsp3) is 0.409. The van der Waals surface area contributed by atoms with Crippen molar-refractivity contribution in [2.24, 2.45) is 0 Å². The number of hydrogen-bond donors (Lipinski definition) is 2. The second-order valence-corrected chi connectivity index (χ2v) is 8.57. The minimum Gasteiger partial charge on any atom is -0.491 e. The van der Waals surface area contributed by atoms with Crippen LogP contribution in [0, 0.1) is 5.82 Å². The third kappa shape index (κ3) is 7.56. The fourth-order valence-corrected chi connectivity index (χ4v) is 4.54. The Labute approximate surface area is 198 Å². The molecule has 1 aromatic heterocycles. The number of fused-ring (bicyclic) bond motifs is 1. The molecule has 9 heteroatoms. The summed E-state index contributed by atoms with van der Waals surface area (Å²) in [5.74, 6) is 0.278. The van der Waals surface area contributed by atoms with Crippen molar-refractivity contribution in [2.75, 3.05) is 26.2 Å². The van der Waals surface area contributed by atoms with Gasteiger partial charge in [0.1, 0.15) is 29.3 Å². The van der Waals surface area contributed by atoms with Crippen LogP contribution in [0.2, 0.25) is 0 Å². The largest absolute Gasteiger partial charge is 0.491 e. The Morgan fingerprint density at radius 1 is 1.13 bits per heavy atom. The van der Waals surface area contributed by atoms with Crippen LogP contribution in [0.1, 0.15) is 17.8 Å². The summed E-state index contributed by atoms with van der Waals surface area (Å²) in [6.45, 7) is 3.50. The van der Waals surface area contributed by atoms with Crippen LogP contribution in [0.5, 0.6) is 5.75 Å². The van der Waals surface area contributed by atoms with E-state index in [2.05, 4.69) is 27.3 Å². The van der Waals surface area contributed by atoms with Gasteiger partial charge in [0.25, 0.3) is 0 Å². The Bertz CT molecular complexity index is 888. The molecule has 0 amide bonds. The number of ether oxygens (including phenoxy) is 1. The van der Waals surface area contributed by atoms with Crippen LogP contribution in [0.25, 0.3) is 10.2 Å². The normalized spacial score (nSPS) is 15.8. The third-order valence-electron chi connectivity index (χ3n) is 5.19. The molecule has 1 atom stereocenters. The SMILES string of the molecule is Cl.Cl.O[C@H](COc1ccc(F)cc1)CN1CCC(NCc2nc3ccccc3s2)CC1. The van der Waals surface area contributed by atoms with Crippen molar-refractivity contribution in [3.63, 3.8) is 0 Å². The molecule has 2 aromatic carbocycles. The number of rotatable bonds is 8. The monoisotopic (exact) mass is 487 g/mol. The number of benzene rings is 2. The maximum atomic E-state index is 12.9. The zero-order valence-corrected chi connectivity index (χ0v) is 19.5. The van der Waals surface area contributed by atoms with Crippen LogP contribution >= 0.6 is 36.2 Å². The van der Waals surface area contributed by atoms with Gasteiger partial charge in [-0.25, -0.2) is 9.37 Å². The summed E-state index contributed by atoms with van der Waals surface area (Å²) in [6.07, 6.45) is 1.54. The minimum absolute atomic E-state index is 0. The Hall–Kier alpha value is -1.48. The first kappa shape index (κ1) is 25.8. The van der Waals surface area contributed by atoms with Gasteiger partial charge in [0.2, 0.25) is 0 Å². The summed E-state index contributed by atoms with van der Waals surface area (Å²) in [4.78, 5) is 6.95. The summed E-state index contributed by atoms with van der Waals surface area (Å²) in [5, 5.41) is 15.0. The summed E-state index contributed by atoms with van der Waals surface area (Å²) in [6, 6.07) is 14.6. The molecule has 1 aliphatic rings. The number of para-hydroxylation sites is 1. The van der Waals surface area contributed by atoms with E-state index in [1.54, 1.807) is 23.5 Å².